The van der Waals surface area contributed by atoms with Gasteiger partial charge in [0.2, 0.25) is 0 Å². The van der Waals surface area contributed by atoms with Gasteiger partial charge in [0, 0.05) is 50.2 Å². The van der Waals surface area contributed by atoms with E-state index in [2.05, 4.69) is 236 Å². The predicted molar refractivity (Wildman–Crippen MR) is 252 cm³/mol. The fourth-order valence-corrected chi connectivity index (χ4v) is 9.29. The van der Waals surface area contributed by atoms with E-state index in [9.17, 15) is 0 Å². The minimum absolute atomic E-state index is 0.105. The van der Waals surface area contributed by atoms with Gasteiger partial charge in [-0.15, -0.1) is 0 Å². The first-order valence-corrected chi connectivity index (χ1v) is 20.7. The average molecular weight is 771 g/mol. The maximum atomic E-state index is 6.87. The zero-order valence-electron chi connectivity index (χ0n) is 33.6. The van der Waals surface area contributed by atoms with Crippen LogP contribution < -0.4 is 9.80 Å². The minimum atomic E-state index is -0.105. The van der Waals surface area contributed by atoms with Crippen molar-refractivity contribution in [2.45, 2.75) is 19.3 Å². The van der Waals surface area contributed by atoms with Crippen molar-refractivity contribution in [3.05, 3.63) is 230 Å². The summed E-state index contributed by atoms with van der Waals surface area (Å²) in [6, 6.07) is 78.4. The standard InChI is InChI=1S/C57H42N2O/c1-57(2)52-24-14-12-22-48(52)49-35-34-46(38-53(49)57)58(42-18-8-4-9-19-42)44-32-28-41(29-33-44)47-36-37-51-50-23-13-15-25-54(50)60-56(51)55(47)59(43-20-10-5-11-21-43)45-30-26-40(27-31-45)39-16-6-3-7-17-39/h3-38H,1-2H3. The molecule has 0 unspecified atom stereocenters. The number of rotatable bonds is 8. The second-order valence-corrected chi connectivity index (χ2v) is 16.1. The molecule has 0 radical (unpaired) electrons. The topological polar surface area (TPSA) is 19.6 Å². The van der Waals surface area contributed by atoms with Gasteiger partial charge in [-0.25, -0.2) is 0 Å². The van der Waals surface area contributed by atoms with Crippen molar-refractivity contribution in [2.75, 3.05) is 9.80 Å². The molecule has 1 aliphatic rings. The molecule has 9 aromatic carbocycles. The SMILES string of the molecule is CC1(C)c2ccccc2-c2ccc(N(c3ccccc3)c3ccc(-c4ccc5c(oc6ccccc65)c4N(c4ccccc4)c4ccc(-c5ccccc5)cc4)cc3)cc21. The van der Waals surface area contributed by atoms with Crippen LogP contribution in [-0.4, -0.2) is 0 Å². The lowest BCUT2D eigenvalue weighted by Crippen LogP contribution is -2.16. The zero-order valence-corrected chi connectivity index (χ0v) is 33.6. The first-order chi connectivity index (χ1) is 29.5. The van der Waals surface area contributed by atoms with E-state index in [0.29, 0.717) is 0 Å². The molecule has 0 N–H and O–H groups in total. The molecule has 3 nitrogen and oxygen atoms in total. The summed E-state index contributed by atoms with van der Waals surface area (Å²) in [5.74, 6) is 0. The van der Waals surface area contributed by atoms with Crippen molar-refractivity contribution >= 4 is 56.1 Å². The lowest BCUT2D eigenvalue weighted by Gasteiger charge is -2.29. The molecule has 1 aromatic heterocycles. The maximum Gasteiger partial charge on any atom is 0.160 e. The van der Waals surface area contributed by atoms with Crippen LogP contribution in [0.3, 0.4) is 0 Å². The molecule has 3 heteroatoms. The second-order valence-electron chi connectivity index (χ2n) is 16.1. The molecule has 0 saturated carbocycles. The highest BCUT2D eigenvalue weighted by Crippen LogP contribution is 2.51. The molecule has 286 valence electrons. The van der Waals surface area contributed by atoms with E-state index in [1.54, 1.807) is 0 Å². The lowest BCUT2D eigenvalue weighted by molar-refractivity contribution is 0.660. The van der Waals surface area contributed by atoms with Crippen molar-refractivity contribution in [3.63, 3.8) is 0 Å². The van der Waals surface area contributed by atoms with E-state index in [1.807, 2.05) is 6.07 Å². The first-order valence-electron chi connectivity index (χ1n) is 20.7. The summed E-state index contributed by atoms with van der Waals surface area (Å²) in [7, 11) is 0. The summed E-state index contributed by atoms with van der Waals surface area (Å²) in [6.07, 6.45) is 0. The average Bonchev–Trinajstić information content (AvgIpc) is 3.80. The highest BCUT2D eigenvalue weighted by molar-refractivity contribution is 6.13. The Morgan fingerprint density at radius 1 is 0.350 bits per heavy atom. The van der Waals surface area contributed by atoms with Crippen LogP contribution in [0, 0.1) is 0 Å². The first kappa shape index (κ1) is 35.5. The fraction of sp³-hybridized carbons (Fsp3) is 0.0526. The highest BCUT2D eigenvalue weighted by Gasteiger charge is 2.35. The van der Waals surface area contributed by atoms with Gasteiger partial charge in [0.25, 0.3) is 0 Å². The van der Waals surface area contributed by atoms with Crippen molar-refractivity contribution in [2.24, 2.45) is 0 Å². The summed E-state index contributed by atoms with van der Waals surface area (Å²) in [5.41, 5.74) is 17.9. The fourth-order valence-electron chi connectivity index (χ4n) is 9.29. The molecule has 1 aliphatic carbocycles. The molecule has 0 spiro atoms. The van der Waals surface area contributed by atoms with Crippen molar-refractivity contribution < 1.29 is 4.42 Å². The Morgan fingerprint density at radius 2 is 0.850 bits per heavy atom. The largest absolute Gasteiger partial charge is 0.454 e. The normalized spacial score (nSPS) is 12.6. The van der Waals surface area contributed by atoms with E-state index >= 15 is 0 Å². The Hall–Kier alpha value is -7.62. The van der Waals surface area contributed by atoms with Gasteiger partial charge in [-0.3, -0.25) is 0 Å². The molecule has 60 heavy (non-hydrogen) atoms. The van der Waals surface area contributed by atoms with Gasteiger partial charge in [-0.2, -0.15) is 0 Å². The number of para-hydroxylation sites is 3. The molecule has 0 saturated heterocycles. The summed E-state index contributed by atoms with van der Waals surface area (Å²) >= 11 is 0. The predicted octanol–water partition coefficient (Wildman–Crippen LogP) is 16.2. The molecule has 0 aliphatic heterocycles. The number of hydrogen-bond donors (Lipinski definition) is 0. The van der Waals surface area contributed by atoms with Gasteiger partial charge in [0.1, 0.15) is 5.58 Å². The Bertz CT molecular complexity index is 3150. The summed E-state index contributed by atoms with van der Waals surface area (Å²) in [5, 5.41) is 2.18. The van der Waals surface area contributed by atoms with E-state index in [-0.39, 0.29) is 5.41 Å². The van der Waals surface area contributed by atoms with Gasteiger partial charge in [0.15, 0.2) is 5.58 Å². The molecule has 1 heterocycles. The Balaban J connectivity index is 1.07. The molecular weight excluding hydrogens is 729 g/mol. The number of anilines is 6. The third-order valence-corrected chi connectivity index (χ3v) is 12.3. The van der Waals surface area contributed by atoms with Gasteiger partial charge in [-0.1, -0.05) is 159 Å². The highest BCUT2D eigenvalue weighted by atomic mass is 16.3. The molecular formula is C57H42N2O. The Kier molecular flexibility index (Phi) is 8.49. The Morgan fingerprint density at radius 3 is 1.57 bits per heavy atom. The molecule has 11 rings (SSSR count). The van der Waals surface area contributed by atoms with Crippen LogP contribution in [-0.2, 0) is 5.41 Å². The third-order valence-electron chi connectivity index (χ3n) is 12.3. The van der Waals surface area contributed by atoms with Crippen LogP contribution in [0.15, 0.2) is 223 Å². The monoisotopic (exact) mass is 770 g/mol. The Labute approximate surface area is 351 Å². The second kappa shape index (κ2) is 14.3. The van der Waals surface area contributed by atoms with Gasteiger partial charge in [0.05, 0.1) is 5.69 Å². The maximum absolute atomic E-state index is 6.87. The van der Waals surface area contributed by atoms with Crippen LogP contribution in [0.1, 0.15) is 25.0 Å². The van der Waals surface area contributed by atoms with Gasteiger partial charge in [-0.05, 0) is 112 Å². The van der Waals surface area contributed by atoms with Crippen LogP contribution >= 0.6 is 0 Å². The quantitative estimate of drug-likeness (QED) is 0.153. The molecule has 0 atom stereocenters. The summed E-state index contributed by atoms with van der Waals surface area (Å²) < 4.78 is 6.87. The number of nitrogens with zero attached hydrogens (tertiary/aromatic N) is 2. The molecule has 0 amide bonds. The number of benzene rings is 9. The summed E-state index contributed by atoms with van der Waals surface area (Å²) in [4.78, 5) is 4.72. The van der Waals surface area contributed by atoms with Crippen LogP contribution in [0.4, 0.5) is 34.1 Å². The van der Waals surface area contributed by atoms with Crippen molar-refractivity contribution in [3.8, 4) is 33.4 Å². The van der Waals surface area contributed by atoms with Crippen LogP contribution in [0.2, 0.25) is 0 Å². The van der Waals surface area contributed by atoms with E-state index in [4.69, 9.17) is 4.42 Å². The van der Waals surface area contributed by atoms with Gasteiger partial charge < -0.3 is 14.2 Å². The number of hydrogen-bond acceptors (Lipinski definition) is 3. The molecule has 0 bridgehead atoms. The van der Waals surface area contributed by atoms with E-state index in [0.717, 1.165) is 67.2 Å². The van der Waals surface area contributed by atoms with Gasteiger partial charge >= 0.3 is 0 Å². The van der Waals surface area contributed by atoms with E-state index < -0.39 is 0 Å². The number of furan rings is 1. The third kappa shape index (κ3) is 5.89. The van der Waals surface area contributed by atoms with Crippen LogP contribution in [0.25, 0.3) is 55.3 Å². The van der Waals surface area contributed by atoms with E-state index in [1.165, 1.54) is 33.4 Å². The summed E-state index contributed by atoms with van der Waals surface area (Å²) in [6.45, 7) is 4.69. The minimum Gasteiger partial charge on any atom is -0.454 e. The zero-order chi connectivity index (χ0) is 40.2. The molecule has 10 aromatic rings. The van der Waals surface area contributed by atoms with Crippen molar-refractivity contribution in [1.29, 1.82) is 0 Å². The lowest BCUT2D eigenvalue weighted by atomic mass is 9.82. The van der Waals surface area contributed by atoms with Crippen LogP contribution in [0.5, 0.6) is 0 Å². The van der Waals surface area contributed by atoms with Crippen molar-refractivity contribution in [1.82, 2.24) is 0 Å². The smallest absolute Gasteiger partial charge is 0.160 e. The molecule has 0 fully saturated rings. The number of fused-ring (bicyclic) bond motifs is 6.